The summed E-state index contributed by atoms with van der Waals surface area (Å²) >= 11 is 0. The molecule has 0 aromatic heterocycles. The number of carbonyl (C=O) groups excluding carboxylic acids is 1. The van der Waals surface area contributed by atoms with E-state index in [-0.39, 0.29) is 29.1 Å². The molecule has 0 aliphatic carbocycles. The smallest absolute Gasteiger partial charge is 0.225 e. The molecule has 5 heteroatoms. The molecule has 0 saturated heterocycles. The Hall–Kier alpha value is -1.49. The van der Waals surface area contributed by atoms with Crippen LogP contribution in [0.1, 0.15) is 32.8 Å². The van der Waals surface area contributed by atoms with Gasteiger partial charge in [0.25, 0.3) is 0 Å². The number of amides is 1. The lowest BCUT2D eigenvalue weighted by molar-refractivity contribution is -0.116. The van der Waals surface area contributed by atoms with Crippen molar-refractivity contribution in [1.29, 1.82) is 0 Å². The predicted octanol–water partition coefficient (Wildman–Crippen LogP) is 2.99. The fourth-order valence-corrected chi connectivity index (χ4v) is 1.51. The van der Waals surface area contributed by atoms with Gasteiger partial charge in [0.2, 0.25) is 5.91 Å². The van der Waals surface area contributed by atoms with Crippen molar-refractivity contribution in [3.63, 3.8) is 0 Å². The topological polar surface area (TPSA) is 41.1 Å². The third-order valence-electron chi connectivity index (χ3n) is 2.53. The highest BCUT2D eigenvalue weighted by molar-refractivity contribution is 5.91. The minimum absolute atomic E-state index is 0.0818. The number of halogens is 2. The van der Waals surface area contributed by atoms with E-state index in [2.05, 4.69) is 10.6 Å². The van der Waals surface area contributed by atoms with E-state index in [1.54, 1.807) is 0 Å². The number of benzene rings is 1. The molecule has 0 unspecified atom stereocenters. The van der Waals surface area contributed by atoms with E-state index in [1.807, 2.05) is 20.8 Å². The molecule has 1 rings (SSSR count). The molecule has 19 heavy (non-hydrogen) atoms. The van der Waals surface area contributed by atoms with E-state index < -0.39 is 11.6 Å². The van der Waals surface area contributed by atoms with Gasteiger partial charge in [0.1, 0.15) is 11.6 Å². The monoisotopic (exact) mass is 270 g/mol. The molecule has 3 nitrogen and oxygen atoms in total. The van der Waals surface area contributed by atoms with E-state index in [9.17, 15) is 13.6 Å². The summed E-state index contributed by atoms with van der Waals surface area (Å²) in [5.74, 6) is -1.51. The highest BCUT2D eigenvalue weighted by Gasteiger charge is 2.12. The van der Waals surface area contributed by atoms with Gasteiger partial charge in [-0.2, -0.15) is 0 Å². The minimum atomic E-state index is -0.629. The second-order valence-electron chi connectivity index (χ2n) is 5.56. The van der Waals surface area contributed by atoms with Gasteiger partial charge in [0.15, 0.2) is 0 Å². The van der Waals surface area contributed by atoms with Gasteiger partial charge in [0, 0.05) is 24.6 Å². The molecule has 2 N–H and O–H groups in total. The first-order valence-corrected chi connectivity index (χ1v) is 6.19. The first-order chi connectivity index (χ1) is 8.69. The van der Waals surface area contributed by atoms with Gasteiger partial charge in [-0.05, 0) is 39.3 Å². The fraction of sp³-hybridized carbons (Fsp3) is 0.500. The molecular weight excluding hydrogens is 250 g/mol. The summed E-state index contributed by atoms with van der Waals surface area (Å²) in [6.45, 7) is 7.91. The van der Waals surface area contributed by atoms with E-state index >= 15 is 0 Å². The Morgan fingerprint density at radius 1 is 1.21 bits per heavy atom. The minimum Gasteiger partial charge on any atom is -0.323 e. The van der Waals surface area contributed by atoms with Crippen LogP contribution in [-0.4, -0.2) is 18.0 Å². The van der Waals surface area contributed by atoms with Crippen molar-refractivity contribution < 1.29 is 13.6 Å². The summed E-state index contributed by atoms with van der Waals surface area (Å²) < 4.78 is 26.8. The lowest BCUT2D eigenvalue weighted by Gasteiger charge is -2.20. The molecule has 0 bridgehead atoms. The molecule has 0 aliphatic heterocycles. The second kappa shape index (κ2) is 6.10. The van der Waals surface area contributed by atoms with Crippen LogP contribution in [0.2, 0.25) is 0 Å². The maximum Gasteiger partial charge on any atom is 0.225 e. The maximum absolute atomic E-state index is 13.5. The van der Waals surface area contributed by atoms with Gasteiger partial charge >= 0.3 is 0 Å². The SMILES string of the molecule is Cc1cc(F)c(NC(=O)CCNC(C)(C)C)cc1F. The van der Waals surface area contributed by atoms with Crippen LogP contribution < -0.4 is 10.6 Å². The zero-order valence-electron chi connectivity index (χ0n) is 11.7. The van der Waals surface area contributed by atoms with Crippen molar-refractivity contribution in [2.75, 3.05) is 11.9 Å². The van der Waals surface area contributed by atoms with Crippen molar-refractivity contribution in [2.24, 2.45) is 0 Å². The average Bonchev–Trinajstić information content (AvgIpc) is 2.24. The Morgan fingerprint density at radius 3 is 2.42 bits per heavy atom. The van der Waals surface area contributed by atoms with Crippen molar-refractivity contribution in [3.05, 3.63) is 29.3 Å². The first-order valence-electron chi connectivity index (χ1n) is 6.19. The van der Waals surface area contributed by atoms with Crippen molar-refractivity contribution in [1.82, 2.24) is 5.32 Å². The standard InChI is InChI=1S/C14H20F2N2O/c1-9-7-11(16)12(8-10(9)15)18-13(19)5-6-17-14(2,3)4/h7-8,17H,5-6H2,1-4H3,(H,18,19). The van der Waals surface area contributed by atoms with E-state index in [0.717, 1.165) is 12.1 Å². The van der Waals surface area contributed by atoms with Crippen molar-refractivity contribution >= 4 is 11.6 Å². The third-order valence-corrected chi connectivity index (χ3v) is 2.53. The van der Waals surface area contributed by atoms with Gasteiger partial charge in [-0.3, -0.25) is 4.79 Å². The number of hydrogen-bond donors (Lipinski definition) is 2. The van der Waals surface area contributed by atoms with Crippen LogP contribution in [0.5, 0.6) is 0 Å². The molecule has 0 saturated carbocycles. The van der Waals surface area contributed by atoms with Crippen LogP contribution in [0, 0.1) is 18.6 Å². The molecule has 0 heterocycles. The Balaban J connectivity index is 2.56. The van der Waals surface area contributed by atoms with Gasteiger partial charge in [0.05, 0.1) is 5.69 Å². The third kappa shape index (κ3) is 5.34. The zero-order valence-corrected chi connectivity index (χ0v) is 11.7. The predicted molar refractivity (Wildman–Crippen MR) is 72.1 cm³/mol. The van der Waals surface area contributed by atoms with E-state index in [0.29, 0.717) is 6.54 Å². The first kappa shape index (κ1) is 15.6. The Kier molecular flexibility index (Phi) is 5.00. The van der Waals surface area contributed by atoms with Crippen LogP contribution in [0.4, 0.5) is 14.5 Å². The molecule has 1 aromatic rings. The summed E-state index contributed by atoms with van der Waals surface area (Å²) in [6.07, 6.45) is 0.201. The van der Waals surface area contributed by atoms with Crippen molar-refractivity contribution in [3.8, 4) is 0 Å². The Bertz CT molecular complexity index is 467. The molecule has 0 aliphatic rings. The molecule has 0 atom stereocenters. The number of carbonyl (C=O) groups is 1. The summed E-state index contributed by atoms with van der Waals surface area (Å²) in [6, 6.07) is 2.07. The summed E-state index contributed by atoms with van der Waals surface area (Å²) in [4.78, 5) is 11.6. The van der Waals surface area contributed by atoms with Crippen LogP contribution in [-0.2, 0) is 4.79 Å². The highest BCUT2D eigenvalue weighted by Crippen LogP contribution is 2.18. The normalized spacial score (nSPS) is 11.5. The number of rotatable bonds is 4. The Labute approximate surface area is 112 Å². The quantitative estimate of drug-likeness (QED) is 0.883. The molecule has 1 aromatic carbocycles. The van der Waals surface area contributed by atoms with Gasteiger partial charge < -0.3 is 10.6 Å². The average molecular weight is 270 g/mol. The summed E-state index contributed by atoms with van der Waals surface area (Å²) in [5.41, 5.74) is 0.00959. The summed E-state index contributed by atoms with van der Waals surface area (Å²) in [5, 5.41) is 5.52. The Morgan fingerprint density at radius 2 is 1.84 bits per heavy atom. The number of hydrogen-bond acceptors (Lipinski definition) is 2. The van der Waals surface area contributed by atoms with Gasteiger partial charge in [-0.15, -0.1) is 0 Å². The molecule has 0 spiro atoms. The van der Waals surface area contributed by atoms with Crippen LogP contribution in [0.3, 0.4) is 0 Å². The van der Waals surface area contributed by atoms with Gasteiger partial charge in [-0.1, -0.05) is 0 Å². The van der Waals surface area contributed by atoms with E-state index in [4.69, 9.17) is 0 Å². The van der Waals surface area contributed by atoms with Crippen LogP contribution in [0.15, 0.2) is 12.1 Å². The number of aryl methyl sites for hydroxylation is 1. The lowest BCUT2D eigenvalue weighted by atomic mass is 10.1. The molecular formula is C14H20F2N2O. The highest BCUT2D eigenvalue weighted by atomic mass is 19.1. The van der Waals surface area contributed by atoms with Crippen LogP contribution in [0.25, 0.3) is 0 Å². The fourth-order valence-electron chi connectivity index (χ4n) is 1.51. The van der Waals surface area contributed by atoms with E-state index in [1.165, 1.54) is 6.92 Å². The number of nitrogens with one attached hydrogen (secondary N) is 2. The lowest BCUT2D eigenvalue weighted by Crippen LogP contribution is -2.37. The van der Waals surface area contributed by atoms with Crippen molar-refractivity contribution in [2.45, 2.75) is 39.7 Å². The molecule has 1 amide bonds. The van der Waals surface area contributed by atoms with Gasteiger partial charge in [-0.25, -0.2) is 8.78 Å². The summed E-state index contributed by atoms with van der Waals surface area (Å²) in [7, 11) is 0. The molecule has 106 valence electrons. The molecule has 0 fully saturated rings. The molecule has 0 radical (unpaired) electrons. The largest absolute Gasteiger partial charge is 0.323 e. The van der Waals surface area contributed by atoms with Crippen LogP contribution >= 0.6 is 0 Å². The zero-order chi connectivity index (χ0) is 14.6. The number of anilines is 1. The second-order valence-corrected chi connectivity index (χ2v) is 5.56. The maximum atomic E-state index is 13.5.